The molecule has 0 aromatic rings. The lowest BCUT2D eigenvalue weighted by molar-refractivity contribution is -0.870. The Kier molecular flexibility index (Phi) is 36.1. The van der Waals surface area contributed by atoms with Gasteiger partial charge in [0, 0.05) is 12.8 Å². The number of rotatable bonds is 40. The molecule has 0 heterocycles. The fourth-order valence-corrected chi connectivity index (χ4v) is 6.73. The molecule has 1 unspecified atom stereocenters. The third-order valence-corrected chi connectivity index (χ3v) is 10.5. The zero-order valence-corrected chi connectivity index (χ0v) is 36.6. The van der Waals surface area contributed by atoms with E-state index >= 15 is 0 Å². The fraction of sp³-hybridized carbons (Fsp3) is 0.864. The van der Waals surface area contributed by atoms with Crippen LogP contribution in [-0.2, 0) is 32.7 Å². The monoisotopic (exact) mass is 787 g/mol. The number of carbonyl (C=O) groups is 2. The highest BCUT2D eigenvalue weighted by molar-refractivity contribution is 7.47. The smallest absolute Gasteiger partial charge is 0.462 e. The first-order valence-corrected chi connectivity index (χ1v) is 23.6. The van der Waals surface area contributed by atoms with Gasteiger partial charge in [-0.25, -0.2) is 4.57 Å². The van der Waals surface area contributed by atoms with Crippen molar-refractivity contribution in [1.29, 1.82) is 0 Å². The van der Waals surface area contributed by atoms with Gasteiger partial charge in [-0.1, -0.05) is 160 Å². The Balaban J connectivity index is 4.36. The van der Waals surface area contributed by atoms with Crippen LogP contribution in [0.3, 0.4) is 0 Å². The number of ether oxygens (including phenoxy) is 2. The minimum atomic E-state index is -4.37. The first-order chi connectivity index (χ1) is 26.0. The largest absolute Gasteiger partial charge is 0.472 e. The van der Waals surface area contributed by atoms with Crippen molar-refractivity contribution in [2.75, 3.05) is 47.5 Å². The number of likely N-dealkylation sites (N-methyl/N-ethyl adjacent to an activating group) is 1. The number of quaternary nitrogens is 1. The van der Waals surface area contributed by atoms with Crippen molar-refractivity contribution < 1.29 is 42.1 Å². The Labute approximate surface area is 332 Å². The summed E-state index contributed by atoms with van der Waals surface area (Å²) in [7, 11) is 1.48. The molecule has 10 heteroatoms. The van der Waals surface area contributed by atoms with E-state index in [1.54, 1.807) is 0 Å². The van der Waals surface area contributed by atoms with Gasteiger partial charge in [-0.2, -0.15) is 0 Å². The van der Waals surface area contributed by atoms with Crippen LogP contribution in [0, 0.1) is 0 Å². The zero-order valence-electron chi connectivity index (χ0n) is 35.7. The summed E-state index contributed by atoms with van der Waals surface area (Å²) >= 11 is 0. The molecule has 1 N–H and O–H groups in total. The molecule has 0 amide bonds. The molecule has 0 radical (unpaired) electrons. The van der Waals surface area contributed by atoms with E-state index in [9.17, 15) is 19.0 Å². The van der Waals surface area contributed by atoms with E-state index in [1.165, 1.54) is 109 Å². The van der Waals surface area contributed by atoms with Gasteiger partial charge in [0.2, 0.25) is 0 Å². The van der Waals surface area contributed by atoms with Crippen LogP contribution < -0.4 is 0 Å². The lowest BCUT2D eigenvalue weighted by Gasteiger charge is -2.24. The highest BCUT2D eigenvalue weighted by Gasteiger charge is 2.27. The number of hydrogen-bond acceptors (Lipinski definition) is 7. The number of phosphoric ester groups is 1. The average molecular weight is 787 g/mol. The van der Waals surface area contributed by atoms with Crippen LogP contribution in [-0.4, -0.2) is 74.9 Å². The second-order valence-corrected chi connectivity index (χ2v) is 17.5. The van der Waals surface area contributed by atoms with E-state index in [0.717, 1.165) is 51.4 Å². The molecule has 0 rings (SSSR count). The molecular formula is C44H85NO8P+. The molecule has 9 nitrogen and oxygen atoms in total. The van der Waals surface area contributed by atoms with Crippen LogP contribution in [0.4, 0.5) is 0 Å². The van der Waals surface area contributed by atoms with Crippen molar-refractivity contribution in [1.82, 2.24) is 0 Å². The van der Waals surface area contributed by atoms with Gasteiger partial charge in [-0.05, 0) is 44.9 Å². The van der Waals surface area contributed by atoms with E-state index in [0.29, 0.717) is 23.9 Å². The molecule has 0 spiro atoms. The van der Waals surface area contributed by atoms with Gasteiger partial charge in [-0.15, -0.1) is 0 Å². The molecule has 0 aliphatic rings. The van der Waals surface area contributed by atoms with Gasteiger partial charge in [0.05, 0.1) is 27.7 Å². The summed E-state index contributed by atoms with van der Waals surface area (Å²) in [5.41, 5.74) is 0. The van der Waals surface area contributed by atoms with Gasteiger partial charge >= 0.3 is 19.8 Å². The molecule has 318 valence electrons. The number of unbranched alkanes of at least 4 members (excludes halogenated alkanes) is 22. The molecule has 2 atom stereocenters. The molecule has 0 bridgehead atoms. The SMILES string of the molecule is CCCCC/C=C\C/C=C\CCCCCCCCCC(=O)O[C@H](COC(=O)CCCCCCCCCCCCCCC)COP(=O)(O)OCC[N+](C)(C)C. The first-order valence-electron chi connectivity index (χ1n) is 22.1. The summed E-state index contributed by atoms with van der Waals surface area (Å²) < 4.78 is 34.3. The molecule has 0 aromatic heterocycles. The Bertz CT molecular complexity index is 980. The lowest BCUT2D eigenvalue weighted by Crippen LogP contribution is -2.37. The van der Waals surface area contributed by atoms with Crippen molar-refractivity contribution in [3.05, 3.63) is 24.3 Å². The Morgan fingerprint density at radius 1 is 0.574 bits per heavy atom. The normalized spacial score (nSPS) is 13.8. The van der Waals surface area contributed by atoms with Crippen LogP contribution in [0.25, 0.3) is 0 Å². The molecule has 0 saturated carbocycles. The van der Waals surface area contributed by atoms with Crippen molar-refractivity contribution in [2.24, 2.45) is 0 Å². The fourth-order valence-electron chi connectivity index (χ4n) is 5.99. The Morgan fingerprint density at radius 2 is 1.00 bits per heavy atom. The van der Waals surface area contributed by atoms with Crippen LogP contribution in [0.15, 0.2) is 24.3 Å². The predicted molar refractivity (Wildman–Crippen MR) is 224 cm³/mol. The molecule has 0 saturated heterocycles. The Hall–Kier alpha value is -1.51. The number of hydrogen-bond donors (Lipinski definition) is 1. The molecule has 0 aliphatic carbocycles. The summed E-state index contributed by atoms with van der Waals surface area (Å²) in [6.07, 6.45) is 39.3. The third-order valence-electron chi connectivity index (χ3n) is 9.48. The summed E-state index contributed by atoms with van der Waals surface area (Å²) in [6, 6.07) is 0. The zero-order chi connectivity index (χ0) is 40.0. The van der Waals surface area contributed by atoms with Gasteiger partial charge in [-0.3, -0.25) is 18.6 Å². The molecule has 0 aromatic carbocycles. The molecule has 0 fully saturated rings. The third kappa shape index (κ3) is 40.2. The highest BCUT2D eigenvalue weighted by atomic mass is 31.2. The van der Waals surface area contributed by atoms with Crippen LogP contribution in [0.2, 0.25) is 0 Å². The number of nitrogens with zero attached hydrogens (tertiary/aromatic N) is 1. The van der Waals surface area contributed by atoms with Crippen molar-refractivity contribution in [2.45, 2.75) is 200 Å². The topological polar surface area (TPSA) is 108 Å². The van der Waals surface area contributed by atoms with Crippen molar-refractivity contribution in [3.8, 4) is 0 Å². The summed E-state index contributed by atoms with van der Waals surface area (Å²) in [6.45, 7) is 4.40. The molecule has 0 aliphatic heterocycles. The van der Waals surface area contributed by atoms with Gasteiger partial charge in [0.15, 0.2) is 6.10 Å². The predicted octanol–water partition coefficient (Wildman–Crippen LogP) is 12.4. The summed E-state index contributed by atoms with van der Waals surface area (Å²) in [5, 5.41) is 0. The maximum atomic E-state index is 12.7. The number of carbonyl (C=O) groups excluding carboxylic acids is 2. The van der Waals surface area contributed by atoms with Crippen molar-refractivity contribution in [3.63, 3.8) is 0 Å². The highest BCUT2D eigenvalue weighted by Crippen LogP contribution is 2.43. The maximum absolute atomic E-state index is 12.7. The number of allylic oxidation sites excluding steroid dienone is 4. The lowest BCUT2D eigenvalue weighted by atomic mass is 10.0. The quantitative estimate of drug-likeness (QED) is 0.0215. The van der Waals surface area contributed by atoms with Gasteiger partial charge < -0.3 is 18.9 Å². The summed E-state index contributed by atoms with van der Waals surface area (Å²) in [5.74, 6) is -0.802. The second-order valence-electron chi connectivity index (χ2n) is 16.1. The molecule has 54 heavy (non-hydrogen) atoms. The first kappa shape index (κ1) is 52.5. The van der Waals surface area contributed by atoms with Gasteiger partial charge in [0.25, 0.3) is 0 Å². The number of phosphoric acid groups is 1. The number of esters is 2. The van der Waals surface area contributed by atoms with Gasteiger partial charge in [0.1, 0.15) is 19.8 Å². The van der Waals surface area contributed by atoms with E-state index < -0.39 is 26.5 Å². The van der Waals surface area contributed by atoms with Crippen LogP contribution >= 0.6 is 7.82 Å². The minimum Gasteiger partial charge on any atom is -0.462 e. The average Bonchev–Trinajstić information content (AvgIpc) is 3.12. The van der Waals surface area contributed by atoms with Crippen molar-refractivity contribution >= 4 is 19.8 Å². The van der Waals surface area contributed by atoms with E-state index in [1.807, 2.05) is 21.1 Å². The second kappa shape index (κ2) is 37.1. The minimum absolute atomic E-state index is 0.0318. The van der Waals surface area contributed by atoms with E-state index in [-0.39, 0.29) is 25.6 Å². The maximum Gasteiger partial charge on any atom is 0.472 e. The van der Waals surface area contributed by atoms with Crippen LogP contribution in [0.5, 0.6) is 0 Å². The standard InChI is InChI=1S/C44H84NO8P/c1-6-8-10-12-14-16-18-20-21-22-23-25-27-29-31-33-35-37-44(47)53-42(41-52-54(48,49)51-39-38-45(3,4)5)40-50-43(46)36-34-32-30-28-26-24-19-17-15-13-11-9-7-2/h14,16,20-21,42H,6-13,15,17-19,22-41H2,1-5H3/p+1/b16-14-,21-20-/t42-/m1/s1. The van der Waals surface area contributed by atoms with E-state index in [4.69, 9.17) is 18.5 Å². The molecular weight excluding hydrogens is 701 g/mol. The Morgan fingerprint density at radius 3 is 1.50 bits per heavy atom. The van der Waals surface area contributed by atoms with E-state index in [2.05, 4.69) is 38.2 Å². The summed E-state index contributed by atoms with van der Waals surface area (Å²) in [4.78, 5) is 35.3. The van der Waals surface area contributed by atoms with Crippen LogP contribution in [0.1, 0.15) is 194 Å².